The topological polar surface area (TPSA) is 109 Å². The molecule has 1 aliphatic heterocycles. The minimum absolute atomic E-state index is 0.0550. The quantitative estimate of drug-likeness (QED) is 0.502. The zero-order chi connectivity index (χ0) is 19.5. The SMILES string of the molecule is NC(=O)c1ccc(-n2cnnc2SCC(=O)c2ccc3c(c2)OCCO3)cc1. The first kappa shape index (κ1) is 18.1. The third kappa shape index (κ3) is 3.70. The van der Waals surface area contributed by atoms with Crippen molar-refractivity contribution >= 4 is 23.5 Å². The van der Waals surface area contributed by atoms with E-state index in [1.807, 2.05) is 0 Å². The highest BCUT2D eigenvalue weighted by Gasteiger charge is 2.16. The standard InChI is InChI=1S/C19H16N4O4S/c20-18(25)12-1-4-14(5-2-12)23-11-21-22-19(23)28-10-15(24)13-3-6-16-17(9-13)27-8-7-26-16/h1-6,9,11H,7-8,10H2,(H2,20,25). The fourth-order valence-electron chi connectivity index (χ4n) is 2.72. The van der Waals surface area contributed by atoms with Crippen molar-refractivity contribution in [2.45, 2.75) is 5.16 Å². The van der Waals surface area contributed by atoms with Gasteiger partial charge in [-0.05, 0) is 42.5 Å². The lowest BCUT2D eigenvalue weighted by atomic mass is 10.1. The van der Waals surface area contributed by atoms with Gasteiger partial charge in [-0.15, -0.1) is 10.2 Å². The van der Waals surface area contributed by atoms with Crippen molar-refractivity contribution in [1.82, 2.24) is 14.8 Å². The van der Waals surface area contributed by atoms with Gasteiger partial charge in [0.25, 0.3) is 0 Å². The molecule has 0 atom stereocenters. The van der Waals surface area contributed by atoms with E-state index in [0.717, 1.165) is 5.69 Å². The van der Waals surface area contributed by atoms with Crippen LogP contribution >= 0.6 is 11.8 Å². The number of hydrogen-bond acceptors (Lipinski definition) is 7. The molecule has 1 aliphatic rings. The Bertz CT molecular complexity index is 1030. The van der Waals surface area contributed by atoms with Crippen molar-refractivity contribution in [1.29, 1.82) is 0 Å². The number of rotatable bonds is 6. The Morgan fingerprint density at radius 2 is 1.75 bits per heavy atom. The lowest BCUT2D eigenvalue weighted by molar-refractivity contribution is 0.0997. The number of ether oxygens (including phenoxy) is 2. The molecule has 0 aliphatic carbocycles. The predicted molar refractivity (Wildman–Crippen MR) is 102 cm³/mol. The zero-order valence-corrected chi connectivity index (χ0v) is 15.5. The molecule has 2 heterocycles. The minimum atomic E-state index is -0.491. The van der Waals surface area contributed by atoms with E-state index in [9.17, 15) is 9.59 Å². The average Bonchev–Trinajstić information content (AvgIpc) is 3.20. The summed E-state index contributed by atoms with van der Waals surface area (Å²) in [5.74, 6) is 0.877. The Kier molecular flexibility index (Phi) is 4.98. The Balaban J connectivity index is 1.46. The van der Waals surface area contributed by atoms with Gasteiger partial charge in [0.2, 0.25) is 5.91 Å². The second kappa shape index (κ2) is 7.73. The Morgan fingerprint density at radius 1 is 1.04 bits per heavy atom. The van der Waals surface area contributed by atoms with Gasteiger partial charge in [0.1, 0.15) is 19.5 Å². The molecule has 0 bridgehead atoms. The van der Waals surface area contributed by atoms with Crippen LogP contribution in [0.2, 0.25) is 0 Å². The van der Waals surface area contributed by atoms with Crippen molar-refractivity contribution in [2.24, 2.45) is 5.73 Å². The molecule has 2 N–H and O–H groups in total. The van der Waals surface area contributed by atoms with E-state index in [-0.39, 0.29) is 11.5 Å². The maximum Gasteiger partial charge on any atom is 0.248 e. The van der Waals surface area contributed by atoms with Gasteiger partial charge in [-0.25, -0.2) is 0 Å². The van der Waals surface area contributed by atoms with Crippen LogP contribution in [-0.2, 0) is 0 Å². The molecule has 0 saturated heterocycles. The van der Waals surface area contributed by atoms with E-state index >= 15 is 0 Å². The van der Waals surface area contributed by atoms with Crippen LogP contribution in [0.4, 0.5) is 0 Å². The number of fused-ring (bicyclic) bond motifs is 1. The van der Waals surface area contributed by atoms with Crippen LogP contribution < -0.4 is 15.2 Å². The molecular formula is C19H16N4O4S. The van der Waals surface area contributed by atoms with Gasteiger partial charge in [-0.1, -0.05) is 11.8 Å². The molecule has 8 nitrogen and oxygen atoms in total. The van der Waals surface area contributed by atoms with Gasteiger partial charge in [0.05, 0.1) is 5.75 Å². The number of nitrogens with zero attached hydrogens (tertiary/aromatic N) is 3. The molecule has 0 spiro atoms. The molecule has 2 aromatic carbocycles. The van der Waals surface area contributed by atoms with Crippen molar-refractivity contribution < 1.29 is 19.1 Å². The number of primary amides is 1. The molecule has 142 valence electrons. The Morgan fingerprint density at radius 3 is 2.50 bits per heavy atom. The molecule has 0 radical (unpaired) electrons. The van der Waals surface area contributed by atoms with Crippen LogP contribution in [0.5, 0.6) is 11.5 Å². The monoisotopic (exact) mass is 396 g/mol. The van der Waals surface area contributed by atoms with Crippen molar-refractivity contribution in [3.63, 3.8) is 0 Å². The maximum absolute atomic E-state index is 12.6. The summed E-state index contributed by atoms with van der Waals surface area (Å²) >= 11 is 1.28. The fraction of sp³-hybridized carbons (Fsp3) is 0.158. The summed E-state index contributed by atoms with van der Waals surface area (Å²) < 4.78 is 12.7. The average molecular weight is 396 g/mol. The van der Waals surface area contributed by atoms with Gasteiger partial charge < -0.3 is 15.2 Å². The zero-order valence-electron chi connectivity index (χ0n) is 14.7. The number of Topliss-reactive ketones (excluding diaryl/α,β-unsaturated/α-hetero) is 1. The molecule has 1 amide bonds. The molecule has 4 rings (SSSR count). The number of hydrogen-bond donors (Lipinski definition) is 1. The second-order valence-corrected chi connectivity index (χ2v) is 6.91. The summed E-state index contributed by atoms with van der Waals surface area (Å²) in [6.45, 7) is 0.975. The highest BCUT2D eigenvalue weighted by atomic mass is 32.2. The van der Waals surface area contributed by atoms with Gasteiger partial charge in [-0.2, -0.15) is 0 Å². The second-order valence-electron chi connectivity index (χ2n) is 5.96. The highest BCUT2D eigenvalue weighted by Crippen LogP contribution is 2.31. The summed E-state index contributed by atoms with van der Waals surface area (Å²) in [7, 11) is 0. The number of amides is 1. The smallest absolute Gasteiger partial charge is 0.248 e. The van der Waals surface area contributed by atoms with Crippen LogP contribution in [-0.4, -0.2) is 45.4 Å². The molecule has 0 unspecified atom stereocenters. The first-order valence-corrected chi connectivity index (χ1v) is 9.46. The lowest BCUT2D eigenvalue weighted by Crippen LogP contribution is -2.16. The lowest BCUT2D eigenvalue weighted by Gasteiger charge is -2.18. The number of benzene rings is 2. The van der Waals surface area contributed by atoms with E-state index < -0.39 is 5.91 Å². The maximum atomic E-state index is 12.6. The number of aromatic nitrogens is 3. The first-order valence-electron chi connectivity index (χ1n) is 8.48. The third-order valence-electron chi connectivity index (χ3n) is 4.14. The van der Waals surface area contributed by atoms with Gasteiger partial charge in [0, 0.05) is 16.8 Å². The number of carbonyl (C=O) groups excluding carboxylic acids is 2. The van der Waals surface area contributed by atoms with E-state index in [0.29, 0.717) is 41.0 Å². The summed E-state index contributed by atoms with van der Waals surface area (Å²) in [6.07, 6.45) is 1.55. The van der Waals surface area contributed by atoms with Crippen LogP contribution in [0.3, 0.4) is 0 Å². The largest absolute Gasteiger partial charge is 0.486 e. The van der Waals surface area contributed by atoms with Crippen LogP contribution in [0.1, 0.15) is 20.7 Å². The normalized spacial score (nSPS) is 12.6. The summed E-state index contributed by atoms with van der Waals surface area (Å²) in [5.41, 5.74) is 7.00. The molecule has 1 aromatic heterocycles. The number of ketones is 1. The van der Waals surface area contributed by atoms with Crippen molar-refractivity contribution in [3.8, 4) is 17.2 Å². The molecule has 9 heteroatoms. The molecule has 0 saturated carbocycles. The summed E-state index contributed by atoms with van der Waals surface area (Å²) in [6, 6.07) is 11.9. The van der Waals surface area contributed by atoms with Crippen LogP contribution in [0.15, 0.2) is 53.9 Å². The van der Waals surface area contributed by atoms with Gasteiger partial charge >= 0.3 is 0 Å². The number of nitrogens with two attached hydrogens (primary N) is 1. The van der Waals surface area contributed by atoms with E-state index in [2.05, 4.69) is 10.2 Å². The predicted octanol–water partition coefficient (Wildman–Crippen LogP) is 2.11. The van der Waals surface area contributed by atoms with Crippen LogP contribution in [0.25, 0.3) is 5.69 Å². The van der Waals surface area contributed by atoms with E-state index in [1.165, 1.54) is 11.8 Å². The Hall–Kier alpha value is -3.33. The molecule has 3 aromatic rings. The fourth-order valence-corrected chi connectivity index (χ4v) is 3.54. The van der Waals surface area contributed by atoms with E-state index in [4.69, 9.17) is 15.2 Å². The number of carbonyl (C=O) groups is 2. The molecule has 28 heavy (non-hydrogen) atoms. The third-order valence-corrected chi connectivity index (χ3v) is 5.09. The molecular weight excluding hydrogens is 380 g/mol. The first-order chi connectivity index (χ1) is 13.6. The van der Waals surface area contributed by atoms with Gasteiger partial charge in [0.15, 0.2) is 22.4 Å². The van der Waals surface area contributed by atoms with E-state index in [1.54, 1.807) is 53.4 Å². The van der Waals surface area contributed by atoms with Crippen molar-refractivity contribution in [3.05, 3.63) is 59.9 Å². The highest BCUT2D eigenvalue weighted by molar-refractivity contribution is 7.99. The minimum Gasteiger partial charge on any atom is -0.486 e. The number of thioether (sulfide) groups is 1. The van der Waals surface area contributed by atoms with Crippen molar-refractivity contribution in [2.75, 3.05) is 19.0 Å². The summed E-state index contributed by atoms with van der Waals surface area (Å²) in [5, 5.41) is 8.56. The van der Waals surface area contributed by atoms with Crippen LogP contribution in [0, 0.1) is 0 Å². The summed E-state index contributed by atoms with van der Waals surface area (Å²) in [4.78, 5) is 23.8. The Labute approximate surface area is 164 Å². The van der Waals surface area contributed by atoms with Gasteiger partial charge in [-0.3, -0.25) is 14.2 Å². The molecule has 0 fully saturated rings.